The minimum Gasteiger partial charge on any atom is -0.504 e. The molecule has 0 aromatic heterocycles. The molecule has 0 aliphatic carbocycles. The summed E-state index contributed by atoms with van der Waals surface area (Å²) in [5.74, 6) is -1.24. The second-order valence-electron chi connectivity index (χ2n) is 14.4. The Morgan fingerprint density at radius 3 is 2.37 bits per heavy atom. The average molecular weight is 753 g/mol. The number of phenolic OH excluding ortho intramolecular Hbond substituents is 1. The van der Waals surface area contributed by atoms with Crippen LogP contribution in [0.2, 0.25) is 0 Å². The molecule has 7 aliphatic rings. The van der Waals surface area contributed by atoms with Crippen molar-refractivity contribution in [1.82, 2.24) is 14.7 Å². The second kappa shape index (κ2) is 12.4. The molecule has 0 saturated carbocycles. The smallest absolute Gasteiger partial charge is 0.330 e. The molecule has 7 heterocycles. The van der Waals surface area contributed by atoms with Crippen LogP contribution in [0.3, 0.4) is 0 Å². The summed E-state index contributed by atoms with van der Waals surface area (Å²) in [5.41, 5.74) is 4.38. The highest BCUT2D eigenvalue weighted by Crippen LogP contribution is 2.64. The van der Waals surface area contributed by atoms with Gasteiger partial charge < -0.3 is 28.8 Å². The zero-order chi connectivity index (χ0) is 37.9. The second-order valence-corrected chi connectivity index (χ2v) is 15.6. The Bertz CT molecular complexity index is 2220. The number of piperazine rings is 1. The number of imide groups is 1. The quantitative estimate of drug-likeness (QED) is 0.232. The topological polar surface area (TPSA) is 168 Å². The predicted molar refractivity (Wildman–Crippen MR) is 191 cm³/mol. The van der Waals surface area contributed by atoms with Gasteiger partial charge in [-0.2, -0.15) is 5.26 Å². The van der Waals surface area contributed by atoms with Gasteiger partial charge in [0.2, 0.25) is 6.79 Å². The van der Waals surface area contributed by atoms with E-state index < -0.39 is 59.2 Å². The number of ether oxygens (including phenoxy) is 5. The van der Waals surface area contributed by atoms with Crippen LogP contribution in [0.1, 0.15) is 78.4 Å². The molecule has 10 rings (SSSR count). The molecule has 2 amide bonds. The Kier molecular flexibility index (Phi) is 7.90. The van der Waals surface area contributed by atoms with E-state index in [9.17, 15) is 29.5 Å². The lowest BCUT2D eigenvalue weighted by atomic mass is 9.71. The van der Waals surface area contributed by atoms with E-state index in [2.05, 4.69) is 15.9 Å². The van der Waals surface area contributed by atoms with Crippen LogP contribution in [0.4, 0.5) is 0 Å². The monoisotopic (exact) mass is 752 g/mol. The molecule has 14 nitrogen and oxygen atoms in total. The van der Waals surface area contributed by atoms with Crippen LogP contribution >= 0.6 is 11.8 Å². The first-order valence-electron chi connectivity index (χ1n) is 17.7. The molecule has 3 aromatic carbocycles. The van der Waals surface area contributed by atoms with Crippen LogP contribution in [0.25, 0.3) is 0 Å². The third-order valence-electron chi connectivity index (χ3n) is 11.8. The number of aryl methyl sites for hydroxylation is 1. The van der Waals surface area contributed by atoms with Crippen molar-refractivity contribution in [3.05, 3.63) is 74.8 Å². The van der Waals surface area contributed by atoms with E-state index in [-0.39, 0.29) is 47.8 Å². The van der Waals surface area contributed by atoms with Crippen LogP contribution < -0.4 is 18.9 Å². The summed E-state index contributed by atoms with van der Waals surface area (Å²) in [6, 6.07) is 6.63. The first-order valence-corrected chi connectivity index (χ1v) is 18.7. The highest BCUT2D eigenvalue weighted by atomic mass is 32.2. The van der Waals surface area contributed by atoms with Crippen molar-refractivity contribution in [1.29, 1.82) is 5.26 Å². The van der Waals surface area contributed by atoms with Gasteiger partial charge in [-0.1, -0.05) is 18.2 Å². The third-order valence-corrected chi connectivity index (χ3v) is 13.2. The first-order chi connectivity index (χ1) is 26.0. The Morgan fingerprint density at radius 1 is 1.00 bits per heavy atom. The van der Waals surface area contributed by atoms with E-state index in [0.29, 0.717) is 45.9 Å². The number of aromatic hydroxyl groups is 1. The Hall–Kier alpha value is -5.30. The number of benzene rings is 3. The Labute approximate surface area is 314 Å². The maximum Gasteiger partial charge on any atom is 0.330 e. The van der Waals surface area contributed by atoms with Crippen molar-refractivity contribution in [2.24, 2.45) is 0 Å². The lowest BCUT2D eigenvalue weighted by molar-refractivity contribution is -0.153. The third kappa shape index (κ3) is 4.59. The molecular weight excluding hydrogens is 717 g/mol. The van der Waals surface area contributed by atoms with Gasteiger partial charge in [0.25, 0.3) is 11.8 Å². The summed E-state index contributed by atoms with van der Waals surface area (Å²) in [7, 11) is 3.44. The number of carbonyl (C=O) groups is 4. The first kappa shape index (κ1) is 34.5. The number of carbonyl (C=O) groups excluding carboxylic acids is 4. The van der Waals surface area contributed by atoms with Gasteiger partial charge in [-0.05, 0) is 50.6 Å². The maximum absolute atomic E-state index is 14.2. The molecule has 1 unspecified atom stereocenters. The van der Waals surface area contributed by atoms with E-state index in [1.165, 1.54) is 25.8 Å². The molecule has 15 heteroatoms. The number of nitriles is 1. The van der Waals surface area contributed by atoms with Crippen LogP contribution in [0.5, 0.6) is 28.7 Å². The standard InChI is InChI=1S/C39H36N4O10S/c1-16-10-19-11-22-23(12-40)42-24-13-50-39(48)25(43-37(46)20-8-6-7-9-21(20)38(43)47)14-54-36(30(42)29(41(22)4)26(19)31(45)32(16)49-5)28-27(24)35-34(51-15-52-35)17(2)33(28)53-18(3)44/h6-10,22-25,29-30,36,45H,11,13-15H2,1-5H3/t22-,23-,24-,25-,29+,30?,36+/m0/s1. The summed E-state index contributed by atoms with van der Waals surface area (Å²) in [6.07, 6.45) is 0.450. The number of hydrogen-bond donors (Lipinski definition) is 1. The Balaban J connectivity index is 1.29. The molecule has 3 aromatic rings. The molecule has 4 bridgehead atoms. The van der Waals surface area contributed by atoms with Crippen LogP contribution in [0.15, 0.2) is 30.3 Å². The van der Waals surface area contributed by atoms with Crippen molar-refractivity contribution in [2.75, 3.05) is 33.3 Å². The van der Waals surface area contributed by atoms with E-state index in [1.807, 2.05) is 20.0 Å². The number of amides is 2. The van der Waals surface area contributed by atoms with Gasteiger partial charge in [0.15, 0.2) is 23.0 Å². The number of likely N-dealkylation sites (N-methyl/N-ethyl adjacent to an activating group) is 1. The minimum absolute atomic E-state index is 0.00578. The molecular formula is C39H36N4O10S. The lowest BCUT2D eigenvalue weighted by Crippen LogP contribution is -2.69. The average Bonchev–Trinajstić information content (AvgIpc) is 3.73. The van der Waals surface area contributed by atoms with E-state index in [1.54, 1.807) is 31.2 Å². The highest BCUT2D eigenvalue weighted by Gasteiger charge is 2.61. The zero-order valence-corrected chi connectivity index (χ0v) is 30.9. The summed E-state index contributed by atoms with van der Waals surface area (Å²) in [6.45, 7) is 4.55. The van der Waals surface area contributed by atoms with Crippen molar-refractivity contribution in [2.45, 2.75) is 68.7 Å². The molecule has 2 saturated heterocycles. The number of methoxy groups -OCH3 is 1. The minimum atomic E-state index is -1.30. The van der Waals surface area contributed by atoms with Crippen LogP contribution in [-0.2, 0) is 20.7 Å². The number of nitrogens with zero attached hydrogens (tertiary/aromatic N) is 4. The summed E-state index contributed by atoms with van der Waals surface area (Å²) in [5, 5.41) is 22.3. The number of phenols is 1. The zero-order valence-electron chi connectivity index (χ0n) is 30.1. The number of hydrogen-bond acceptors (Lipinski definition) is 14. The molecule has 7 atom stereocenters. The van der Waals surface area contributed by atoms with Crippen LogP contribution in [0, 0.1) is 25.2 Å². The van der Waals surface area contributed by atoms with Gasteiger partial charge in [-0.3, -0.25) is 29.1 Å². The van der Waals surface area contributed by atoms with Crippen molar-refractivity contribution >= 4 is 35.5 Å². The fourth-order valence-corrected chi connectivity index (χ4v) is 11.2. The SMILES string of the molecule is COc1c(C)cc2c(c1O)[C@@H]1C3[C@@H]4SC[C@H](N5C(=O)c6ccccc6C5=O)C(=O)OC[C@@H](c5c6c(c(C)c(OC(C)=O)c54)OCO6)N3[C@@H](C#N)[C@H](C2)N1C. The van der Waals surface area contributed by atoms with E-state index in [4.69, 9.17) is 23.7 Å². The predicted octanol–water partition coefficient (Wildman–Crippen LogP) is 3.90. The highest BCUT2D eigenvalue weighted by molar-refractivity contribution is 7.99. The van der Waals surface area contributed by atoms with Gasteiger partial charge in [0, 0.05) is 47.0 Å². The van der Waals surface area contributed by atoms with E-state index in [0.717, 1.165) is 16.0 Å². The van der Waals surface area contributed by atoms with Gasteiger partial charge in [0.1, 0.15) is 24.4 Å². The number of fused-ring (bicyclic) bond motifs is 11. The molecule has 0 spiro atoms. The summed E-state index contributed by atoms with van der Waals surface area (Å²) in [4.78, 5) is 59.7. The molecule has 1 N–H and O–H groups in total. The summed E-state index contributed by atoms with van der Waals surface area (Å²) < 4.78 is 30.0. The molecule has 7 aliphatic heterocycles. The fourth-order valence-electron chi connectivity index (χ4n) is 9.63. The van der Waals surface area contributed by atoms with Gasteiger partial charge in [-0.25, -0.2) is 4.79 Å². The van der Waals surface area contributed by atoms with Gasteiger partial charge >= 0.3 is 11.9 Å². The van der Waals surface area contributed by atoms with E-state index >= 15 is 0 Å². The normalized spacial score (nSPS) is 28.0. The van der Waals surface area contributed by atoms with Gasteiger partial charge in [0.05, 0.1) is 41.6 Å². The Morgan fingerprint density at radius 2 is 1.70 bits per heavy atom. The number of esters is 2. The molecule has 2 fully saturated rings. The van der Waals surface area contributed by atoms with Crippen molar-refractivity contribution in [3.8, 4) is 34.8 Å². The lowest BCUT2D eigenvalue weighted by Gasteiger charge is -2.61. The molecule has 0 radical (unpaired) electrons. The van der Waals surface area contributed by atoms with Crippen molar-refractivity contribution in [3.63, 3.8) is 0 Å². The molecule has 278 valence electrons. The molecule has 54 heavy (non-hydrogen) atoms. The fraction of sp³-hybridized carbons (Fsp3) is 0.410. The number of thioether (sulfide) groups is 1. The maximum atomic E-state index is 14.2. The number of rotatable bonds is 3. The van der Waals surface area contributed by atoms with Crippen LogP contribution in [-0.4, -0.2) is 101 Å². The summed E-state index contributed by atoms with van der Waals surface area (Å²) >= 11 is 1.29. The van der Waals surface area contributed by atoms with Crippen molar-refractivity contribution < 1.29 is 48.0 Å². The van der Waals surface area contributed by atoms with Gasteiger partial charge in [-0.15, -0.1) is 11.8 Å². The largest absolute Gasteiger partial charge is 0.504 e.